The number of hydrogen-bond acceptors (Lipinski definition) is 1. The van der Waals surface area contributed by atoms with Gasteiger partial charge in [-0.1, -0.05) is 13.0 Å². The highest BCUT2D eigenvalue weighted by molar-refractivity contribution is 4.75. The minimum atomic E-state index is 0.958. The van der Waals surface area contributed by atoms with Crippen molar-refractivity contribution in [2.24, 2.45) is 0 Å². The summed E-state index contributed by atoms with van der Waals surface area (Å²) in [6.45, 7) is 8.84. The van der Waals surface area contributed by atoms with E-state index in [1.165, 1.54) is 6.42 Å². The number of nitrogens with one attached hydrogen (secondary N) is 1. The van der Waals surface area contributed by atoms with Crippen LogP contribution >= 0.6 is 0 Å². The maximum absolute atomic E-state index is 3.59. The van der Waals surface area contributed by atoms with Gasteiger partial charge in [0.1, 0.15) is 0 Å². The second-order valence-electron chi connectivity index (χ2n) is 1.68. The zero-order valence-electron chi connectivity index (χ0n) is 5.48. The van der Waals surface area contributed by atoms with Gasteiger partial charge in [-0.2, -0.15) is 0 Å². The fraction of sp³-hybridized carbons (Fsp3) is 0.571. The van der Waals surface area contributed by atoms with E-state index in [-0.39, 0.29) is 0 Å². The maximum Gasteiger partial charge on any atom is 0.0258 e. The van der Waals surface area contributed by atoms with Gasteiger partial charge in [0.05, 0.1) is 0 Å². The molecule has 0 saturated carbocycles. The molecule has 0 aliphatic carbocycles. The van der Waals surface area contributed by atoms with Crippen LogP contribution in [-0.4, -0.2) is 6.54 Å². The maximum atomic E-state index is 3.59. The lowest BCUT2D eigenvalue weighted by molar-refractivity contribution is 0.748. The molecule has 0 amide bonds. The minimum Gasteiger partial charge on any atom is -0.312 e. The van der Waals surface area contributed by atoms with E-state index in [0.29, 0.717) is 0 Å². The van der Waals surface area contributed by atoms with Crippen LogP contribution in [0.2, 0.25) is 0 Å². The molecule has 1 radical (unpaired) electrons. The number of hydrogen-bond donors (Lipinski definition) is 1. The van der Waals surface area contributed by atoms with E-state index >= 15 is 0 Å². The van der Waals surface area contributed by atoms with E-state index < -0.39 is 0 Å². The molecular formula is C7H14N. The monoisotopic (exact) mass is 112 g/mol. The summed E-state index contributed by atoms with van der Waals surface area (Å²) in [5.74, 6) is 0. The third-order valence-corrected chi connectivity index (χ3v) is 0.823. The van der Waals surface area contributed by atoms with Gasteiger partial charge in [0, 0.05) is 6.54 Å². The highest BCUT2D eigenvalue weighted by atomic mass is 14.8. The third-order valence-electron chi connectivity index (χ3n) is 0.823. The molecule has 0 atom stereocenters. The Morgan fingerprint density at radius 2 is 2.38 bits per heavy atom. The highest BCUT2D eigenvalue weighted by Gasteiger charge is 1.79. The van der Waals surface area contributed by atoms with E-state index in [0.717, 1.165) is 13.0 Å². The molecule has 0 heterocycles. The molecule has 0 bridgehead atoms. The summed E-state index contributed by atoms with van der Waals surface area (Å²) in [4.78, 5) is 0. The van der Waals surface area contributed by atoms with Gasteiger partial charge in [-0.05, 0) is 19.4 Å². The molecule has 0 aromatic rings. The highest BCUT2D eigenvalue weighted by Crippen LogP contribution is 1.81. The molecule has 0 rings (SSSR count). The van der Waals surface area contributed by atoms with Crippen LogP contribution in [-0.2, 0) is 0 Å². The van der Waals surface area contributed by atoms with Gasteiger partial charge in [-0.25, -0.2) is 0 Å². The molecule has 8 heavy (non-hydrogen) atoms. The molecule has 0 fully saturated rings. The normalized spacial score (nSPS) is 9.12. The van der Waals surface area contributed by atoms with E-state index in [1.54, 1.807) is 0 Å². The second kappa shape index (κ2) is 6.70. The SMILES string of the molecule is C=CC[CH]NCCC. The average Bonchev–Trinajstić information content (AvgIpc) is 1.81. The Kier molecular flexibility index (Phi) is 6.45. The van der Waals surface area contributed by atoms with E-state index in [1.807, 2.05) is 12.6 Å². The standard InChI is InChI=1S/C7H14N/c1-3-5-7-8-6-4-2/h3,7-8H,1,4-6H2,2H3. The van der Waals surface area contributed by atoms with Crippen molar-refractivity contribution in [1.82, 2.24) is 5.32 Å². The van der Waals surface area contributed by atoms with Crippen LogP contribution in [0, 0.1) is 6.54 Å². The van der Waals surface area contributed by atoms with Gasteiger partial charge in [-0.15, -0.1) is 6.58 Å². The Hall–Kier alpha value is -0.300. The average molecular weight is 112 g/mol. The molecule has 1 nitrogen and oxygen atoms in total. The van der Waals surface area contributed by atoms with Gasteiger partial charge in [0.2, 0.25) is 0 Å². The Morgan fingerprint density at radius 1 is 1.62 bits per heavy atom. The Labute approximate surface area is 51.8 Å². The predicted molar refractivity (Wildman–Crippen MR) is 37.4 cm³/mol. The molecule has 1 heteroatoms. The summed E-state index contributed by atoms with van der Waals surface area (Å²) >= 11 is 0. The first-order valence-electron chi connectivity index (χ1n) is 3.07. The zero-order chi connectivity index (χ0) is 6.24. The Morgan fingerprint density at radius 3 is 2.88 bits per heavy atom. The summed E-state index contributed by atoms with van der Waals surface area (Å²) in [6, 6.07) is 0. The van der Waals surface area contributed by atoms with Crippen molar-refractivity contribution < 1.29 is 0 Å². The lowest BCUT2D eigenvalue weighted by atomic mass is 10.4. The molecule has 0 spiro atoms. The van der Waals surface area contributed by atoms with Crippen LogP contribution < -0.4 is 5.32 Å². The zero-order valence-corrected chi connectivity index (χ0v) is 5.48. The molecule has 1 N–H and O–H groups in total. The van der Waals surface area contributed by atoms with Gasteiger partial charge in [-0.3, -0.25) is 0 Å². The first kappa shape index (κ1) is 7.70. The first-order valence-corrected chi connectivity index (χ1v) is 3.07. The van der Waals surface area contributed by atoms with E-state index in [4.69, 9.17) is 0 Å². The van der Waals surface area contributed by atoms with Crippen molar-refractivity contribution in [2.45, 2.75) is 19.8 Å². The van der Waals surface area contributed by atoms with Crippen LogP contribution in [0.3, 0.4) is 0 Å². The third kappa shape index (κ3) is 5.70. The van der Waals surface area contributed by atoms with Crippen LogP contribution in [0.4, 0.5) is 0 Å². The van der Waals surface area contributed by atoms with Crippen LogP contribution in [0.1, 0.15) is 19.8 Å². The van der Waals surface area contributed by atoms with E-state index in [2.05, 4.69) is 18.8 Å². The largest absolute Gasteiger partial charge is 0.312 e. The molecule has 47 valence electrons. The fourth-order valence-corrected chi connectivity index (χ4v) is 0.413. The van der Waals surface area contributed by atoms with Gasteiger partial charge in [0.25, 0.3) is 0 Å². The Bertz CT molecular complexity index is 50.3. The fourth-order valence-electron chi connectivity index (χ4n) is 0.413. The van der Waals surface area contributed by atoms with Crippen LogP contribution in [0.15, 0.2) is 12.7 Å². The molecule has 0 aliphatic heterocycles. The molecule has 0 aromatic heterocycles. The minimum absolute atomic E-state index is 0.958. The van der Waals surface area contributed by atoms with Crippen molar-refractivity contribution >= 4 is 0 Å². The first-order chi connectivity index (χ1) is 3.91. The number of rotatable bonds is 5. The summed E-state index contributed by atoms with van der Waals surface area (Å²) in [7, 11) is 0. The topological polar surface area (TPSA) is 12.0 Å². The van der Waals surface area contributed by atoms with Crippen LogP contribution in [0.5, 0.6) is 0 Å². The summed E-state index contributed by atoms with van der Waals surface area (Å²) in [5.41, 5.74) is 0. The van der Waals surface area contributed by atoms with Crippen LogP contribution in [0.25, 0.3) is 0 Å². The lowest BCUT2D eigenvalue weighted by Crippen LogP contribution is -2.09. The van der Waals surface area contributed by atoms with Crippen molar-refractivity contribution in [2.75, 3.05) is 6.54 Å². The van der Waals surface area contributed by atoms with Gasteiger partial charge in [0.15, 0.2) is 0 Å². The molecule has 0 saturated heterocycles. The summed E-state index contributed by atoms with van der Waals surface area (Å²) < 4.78 is 0. The molecule has 0 unspecified atom stereocenters. The van der Waals surface area contributed by atoms with Crippen molar-refractivity contribution in [3.05, 3.63) is 19.2 Å². The van der Waals surface area contributed by atoms with Gasteiger partial charge >= 0.3 is 0 Å². The molecular weight excluding hydrogens is 98.1 g/mol. The van der Waals surface area contributed by atoms with Gasteiger partial charge < -0.3 is 5.32 Å². The molecule has 0 aromatic carbocycles. The van der Waals surface area contributed by atoms with Crippen molar-refractivity contribution in [3.8, 4) is 0 Å². The predicted octanol–water partition coefficient (Wildman–Crippen LogP) is 1.72. The summed E-state index contributed by atoms with van der Waals surface area (Å²) in [6.07, 6.45) is 4.02. The lowest BCUT2D eigenvalue weighted by Gasteiger charge is -1.95. The molecule has 0 aliphatic rings. The van der Waals surface area contributed by atoms with Crippen molar-refractivity contribution in [3.63, 3.8) is 0 Å². The quantitative estimate of drug-likeness (QED) is 0.422. The second-order valence-corrected chi connectivity index (χ2v) is 1.68. The van der Waals surface area contributed by atoms with E-state index in [9.17, 15) is 0 Å². The van der Waals surface area contributed by atoms with Crippen molar-refractivity contribution in [1.29, 1.82) is 0 Å². The Balaban J connectivity index is 2.62. The smallest absolute Gasteiger partial charge is 0.0258 e. The summed E-state index contributed by atoms with van der Waals surface area (Å²) in [5, 5.41) is 3.14.